The van der Waals surface area contributed by atoms with E-state index >= 15 is 0 Å². The van der Waals surface area contributed by atoms with Crippen LogP contribution in [-0.4, -0.2) is 17.6 Å². The van der Waals surface area contributed by atoms with Crippen molar-refractivity contribution < 1.29 is 5.21 Å². The van der Waals surface area contributed by atoms with Gasteiger partial charge in [-0.05, 0) is 62.8 Å². The number of amidine groups is 1. The zero-order chi connectivity index (χ0) is 15.1. The van der Waals surface area contributed by atoms with Crippen molar-refractivity contribution in [1.82, 2.24) is 5.32 Å². The molecule has 0 spiro atoms. The van der Waals surface area contributed by atoms with Gasteiger partial charge in [-0.2, -0.15) is 0 Å². The van der Waals surface area contributed by atoms with Crippen molar-refractivity contribution in [2.24, 2.45) is 10.9 Å². The van der Waals surface area contributed by atoms with Gasteiger partial charge in [0.25, 0.3) is 0 Å². The van der Waals surface area contributed by atoms with Crippen LogP contribution in [0.5, 0.6) is 0 Å². The molecule has 4 nitrogen and oxygen atoms in total. The molecule has 0 radical (unpaired) electrons. The lowest BCUT2D eigenvalue weighted by Crippen LogP contribution is -2.17. The Hall–Kier alpha value is -1.81. The Labute approximate surface area is 126 Å². The number of nitrogens with zero attached hydrogens (tertiary/aromatic N) is 1. The maximum Gasteiger partial charge on any atom is 0.170 e. The molecule has 0 bridgehead atoms. The van der Waals surface area contributed by atoms with Crippen LogP contribution in [0.4, 0.5) is 0 Å². The Balaban J connectivity index is 1.82. The number of rotatable bonds is 6. The van der Waals surface area contributed by atoms with E-state index in [0.29, 0.717) is 0 Å². The normalized spacial score (nSPS) is 15.9. The summed E-state index contributed by atoms with van der Waals surface area (Å²) >= 11 is 0. The predicted molar refractivity (Wildman–Crippen MR) is 86.6 cm³/mol. The Morgan fingerprint density at radius 1 is 1.38 bits per heavy atom. The largest absolute Gasteiger partial charge is 0.409 e. The van der Waals surface area contributed by atoms with Gasteiger partial charge < -0.3 is 16.3 Å². The molecule has 0 aromatic heterocycles. The van der Waals surface area contributed by atoms with Crippen molar-refractivity contribution in [3.63, 3.8) is 0 Å². The van der Waals surface area contributed by atoms with Crippen LogP contribution < -0.4 is 11.1 Å². The van der Waals surface area contributed by atoms with Crippen molar-refractivity contribution >= 4 is 5.84 Å². The molecule has 0 saturated heterocycles. The van der Waals surface area contributed by atoms with Gasteiger partial charge in [-0.3, -0.25) is 0 Å². The second-order valence-corrected chi connectivity index (χ2v) is 5.66. The summed E-state index contributed by atoms with van der Waals surface area (Å²) in [6, 6.07) is 5.88. The second-order valence-electron chi connectivity index (χ2n) is 5.66. The molecule has 1 aromatic rings. The van der Waals surface area contributed by atoms with Crippen LogP contribution >= 0.6 is 0 Å². The van der Waals surface area contributed by atoms with Gasteiger partial charge >= 0.3 is 0 Å². The number of benzene rings is 1. The molecule has 0 unspecified atom stereocenters. The van der Waals surface area contributed by atoms with E-state index < -0.39 is 0 Å². The van der Waals surface area contributed by atoms with Crippen LogP contribution in [0.2, 0.25) is 0 Å². The summed E-state index contributed by atoms with van der Waals surface area (Å²) in [7, 11) is 0. The average Bonchev–Trinajstić information content (AvgIpc) is 2.53. The summed E-state index contributed by atoms with van der Waals surface area (Å²) in [6.07, 6.45) is 8.78. The molecule has 0 fully saturated rings. The van der Waals surface area contributed by atoms with Gasteiger partial charge in [-0.25, -0.2) is 0 Å². The minimum Gasteiger partial charge on any atom is -0.409 e. The Morgan fingerprint density at radius 3 is 2.90 bits per heavy atom. The molecule has 21 heavy (non-hydrogen) atoms. The highest BCUT2D eigenvalue weighted by molar-refractivity contribution is 5.97. The lowest BCUT2D eigenvalue weighted by Gasteiger charge is -2.13. The van der Waals surface area contributed by atoms with Gasteiger partial charge in [0, 0.05) is 12.1 Å². The zero-order valence-electron chi connectivity index (χ0n) is 12.7. The zero-order valence-corrected chi connectivity index (χ0v) is 12.7. The molecular weight excluding hydrogens is 262 g/mol. The lowest BCUT2D eigenvalue weighted by molar-refractivity contribution is 0.318. The summed E-state index contributed by atoms with van der Waals surface area (Å²) in [6.45, 7) is 3.93. The van der Waals surface area contributed by atoms with E-state index in [2.05, 4.69) is 23.5 Å². The van der Waals surface area contributed by atoms with E-state index in [9.17, 15) is 0 Å². The van der Waals surface area contributed by atoms with Gasteiger partial charge in [0.15, 0.2) is 5.84 Å². The average molecular weight is 287 g/mol. The first-order valence-corrected chi connectivity index (χ1v) is 7.67. The smallest absolute Gasteiger partial charge is 0.170 e. The molecular formula is C17H25N3O. The fraction of sp³-hybridized carbons (Fsp3) is 0.471. The fourth-order valence-electron chi connectivity index (χ4n) is 2.71. The number of allylic oxidation sites excluding steroid dienone is 1. The van der Waals surface area contributed by atoms with E-state index in [1.807, 2.05) is 18.2 Å². The highest BCUT2D eigenvalue weighted by Gasteiger charge is 2.05. The standard InChI is InChI=1S/C17H25N3O/c1-13-11-15(17(18)20-21)7-8-16(13)12-19-10-9-14-5-3-2-4-6-14/h5,7-8,11,19,21H,2-4,6,9-10,12H2,1H3,(H2,18,20). The predicted octanol–water partition coefficient (Wildman–Crippen LogP) is 3.07. The third kappa shape index (κ3) is 4.60. The van der Waals surface area contributed by atoms with Crippen molar-refractivity contribution in [3.05, 3.63) is 46.5 Å². The van der Waals surface area contributed by atoms with Crippen LogP contribution in [0.15, 0.2) is 35.0 Å². The topological polar surface area (TPSA) is 70.6 Å². The maximum atomic E-state index is 8.69. The van der Waals surface area contributed by atoms with Crippen LogP contribution in [0.25, 0.3) is 0 Å². The highest BCUT2D eigenvalue weighted by Crippen LogP contribution is 2.19. The highest BCUT2D eigenvalue weighted by atomic mass is 16.4. The molecule has 1 aromatic carbocycles. The third-order valence-electron chi connectivity index (χ3n) is 4.07. The van der Waals surface area contributed by atoms with Gasteiger partial charge in [-0.15, -0.1) is 0 Å². The fourth-order valence-corrected chi connectivity index (χ4v) is 2.71. The van der Waals surface area contributed by atoms with Crippen LogP contribution in [0.3, 0.4) is 0 Å². The summed E-state index contributed by atoms with van der Waals surface area (Å²) in [5.41, 5.74) is 10.4. The number of nitrogens with one attached hydrogen (secondary N) is 1. The molecule has 0 amide bonds. The monoisotopic (exact) mass is 287 g/mol. The molecule has 0 heterocycles. The molecule has 4 heteroatoms. The second kappa shape index (κ2) is 7.84. The van der Waals surface area contributed by atoms with Crippen LogP contribution in [0.1, 0.15) is 48.8 Å². The minimum absolute atomic E-state index is 0.154. The van der Waals surface area contributed by atoms with Crippen molar-refractivity contribution in [1.29, 1.82) is 0 Å². The molecule has 0 aliphatic heterocycles. The van der Waals surface area contributed by atoms with E-state index in [1.165, 1.54) is 31.2 Å². The molecule has 0 atom stereocenters. The number of hydrogen-bond donors (Lipinski definition) is 3. The molecule has 0 saturated carbocycles. The van der Waals surface area contributed by atoms with Gasteiger partial charge in [0.2, 0.25) is 0 Å². The molecule has 1 aliphatic rings. The quantitative estimate of drug-likeness (QED) is 0.188. The van der Waals surface area contributed by atoms with Gasteiger partial charge in [-0.1, -0.05) is 28.9 Å². The first-order valence-electron chi connectivity index (χ1n) is 7.67. The van der Waals surface area contributed by atoms with Crippen molar-refractivity contribution in [3.8, 4) is 0 Å². The van der Waals surface area contributed by atoms with Crippen LogP contribution in [-0.2, 0) is 6.54 Å². The van der Waals surface area contributed by atoms with E-state index in [1.54, 1.807) is 5.57 Å². The Kier molecular flexibility index (Phi) is 5.81. The number of aryl methyl sites for hydroxylation is 1. The first-order chi connectivity index (χ1) is 10.2. The molecule has 1 aliphatic carbocycles. The molecule has 2 rings (SSSR count). The third-order valence-corrected chi connectivity index (χ3v) is 4.07. The lowest BCUT2D eigenvalue weighted by atomic mass is 9.97. The van der Waals surface area contributed by atoms with Crippen molar-refractivity contribution in [2.45, 2.75) is 45.6 Å². The maximum absolute atomic E-state index is 8.69. The number of nitrogens with two attached hydrogens (primary N) is 1. The van der Waals surface area contributed by atoms with E-state index in [-0.39, 0.29) is 5.84 Å². The van der Waals surface area contributed by atoms with E-state index in [0.717, 1.165) is 30.6 Å². The Morgan fingerprint density at radius 2 is 2.24 bits per heavy atom. The minimum atomic E-state index is 0.154. The molecule has 114 valence electrons. The van der Waals surface area contributed by atoms with Crippen LogP contribution in [0, 0.1) is 6.92 Å². The van der Waals surface area contributed by atoms with Crippen molar-refractivity contribution in [2.75, 3.05) is 6.54 Å². The van der Waals surface area contributed by atoms with Gasteiger partial charge in [0.05, 0.1) is 0 Å². The Bertz CT molecular complexity index is 535. The number of oxime groups is 1. The van der Waals surface area contributed by atoms with E-state index in [4.69, 9.17) is 10.9 Å². The summed E-state index contributed by atoms with van der Waals surface area (Å²) in [5, 5.41) is 15.2. The number of hydrogen-bond acceptors (Lipinski definition) is 3. The SMILES string of the molecule is Cc1cc(/C(N)=N/O)ccc1CNCCC1=CCCCC1. The summed E-state index contributed by atoms with van der Waals surface area (Å²) in [5.74, 6) is 0.154. The molecule has 4 N–H and O–H groups in total. The van der Waals surface area contributed by atoms with Gasteiger partial charge in [0.1, 0.15) is 0 Å². The first kappa shape index (κ1) is 15.6. The summed E-state index contributed by atoms with van der Waals surface area (Å²) < 4.78 is 0. The summed E-state index contributed by atoms with van der Waals surface area (Å²) in [4.78, 5) is 0.